The molecule has 0 radical (unpaired) electrons. The summed E-state index contributed by atoms with van der Waals surface area (Å²) >= 11 is 0. The molecule has 0 saturated carbocycles. The Morgan fingerprint density at radius 3 is 0.880 bits per heavy atom. The zero-order valence-corrected chi connectivity index (χ0v) is 33.9. The number of esters is 2. The van der Waals surface area contributed by atoms with Crippen LogP contribution in [0.1, 0.15) is 258 Å². The van der Waals surface area contributed by atoms with Crippen molar-refractivity contribution in [1.82, 2.24) is 0 Å². The molecule has 0 fully saturated rings. The van der Waals surface area contributed by atoms with Crippen LogP contribution in [0, 0.1) is 0 Å². The van der Waals surface area contributed by atoms with Gasteiger partial charge in [0.2, 0.25) is 0 Å². The molecule has 5 nitrogen and oxygen atoms in total. The summed E-state index contributed by atoms with van der Waals surface area (Å²) in [6, 6.07) is 0. The van der Waals surface area contributed by atoms with Gasteiger partial charge >= 0.3 is 11.9 Å². The second-order valence-electron chi connectivity index (χ2n) is 15.5. The van der Waals surface area contributed by atoms with E-state index in [0.29, 0.717) is 12.8 Å². The van der Waals surface area contributed by atoms with Gasteiger partial charge in [-0.1, -0.05) is 232 Å². The van der Waals surface area contributed by atoms with Gasteiger partial charge in [0.1, 0.15) is 6.61 Å². The monoisotopic (exact) mass is 709 g/mol. The molecular formula is C45H88O5. The van der Waals surface area contributed by atoms with E-state index in [1.54, 1.807) is 0 Å². The Morgan fingerprint density at radius 1 is 0.380 bits per heavy atom. The van der Waals surface area contributed by atoms with Gasteiger partial charge in [0.05, 0.1) is 6.61 Å². The van der Waals surface area contributed by atoms with Crippen molar-refractivity contribution in [2.75, 3.05) is 13.2 Å². The predicted octanol–water partition coefficient (Wildman–Crippen LogP) is 14.3. The van der Waals surface area contributed by atoms with Gasteiger partial charge in [-0.25, -0.2) is 0 Å². The topological polar surface area (TPSA) is 72.8 Å². The van der Waals surface area contributed by atoms with E-state index in [9.17, 15) is 14.7 Å². The lowest BCUT2D eigenvalue weighted by atomic mass is 10.0. The van der Waals surface area contributed by atoms with E-state index in [1.807, 2.05) is 0 Å². The number of hydrogen-bond acceptors (Lipinski definition) is 5. The van der Waals surface area contributed by atoms with Crippen LogP contribution in [0.3, 0.4) is 0 Å². The van der Waals surface area contributed by atoms with Gasteiger partial charge in [0.25, 0.3) is 0 Å². The minimum Gasteiger partial charge on any atom is -0.462 e. The molecule has 298 valence electrons. The molecule has 0 aliphatic heterocycles. The fourth-order valence-electron chi connectivity index (χ4n) is 6.97. The minimum atomic E-state index is -0.762. The van der Waals surface area contributed by atoms with Crippen molar-refractivity contribution in [3.8, 4) is 0 Å². The van der Waals surface area contributed by atoms with Gasteiger partial charge in [0.15, 0.2) is 6.10 Å². The van der Waals surface area contributed by atoms with Crippen molar-refractivity contribution in [2.45, 2.75) is 264 Å². The number of ether oxygens (including phenoxy) is 2. The lowest BCUT2D eigenvalue weighted by Gasteiger charge is -2.15. The average Bonchev–Trinajstić information content (AvgIpc) is 3.12. The van der Waals surface area contributed by atoms with Crippen molar-refractivity contribution >= 4 is 11.9 Å². The van der Waals surface area contributed by atoms with E-state index in [0.717, 1.165) is 32.1 Å². The van der Waals surface area contributed by atoms with Crippen LogP contribution < -0.4 is 0 Å². The second kappa shape index (κ2) is 42.3. The fraction of sp³-hybridized carbons (Fsp3) is 0.956. The van der Waals surface area contributed by atoms with Gasteiger partial charge in [-0.05, 0) is 12.8 Å². The van der Waals surface area contributed by atoms with E-state index in [-0.39, 0.29) is 25.2 Å². The molecule has 0 rings (SSSR count). The SMILES string of the molecule is CCCCCCCCCCCCCCCCCCCCC(=O)OC[C@H](CO)OC(=O)CCCCCCCCCCCCCCCCCCCC. The first kappa shape index (κ1) is 48.9. The molecule has 0 spiro atoms. The number of carbonyl (C=O) groups excluding carboxylic acids is 2. The summed E-state index contributed by atoms with van der Waals surface area (Å²) in [6.07, 6.45) is 47.5. The summed E-state index contributed by atoms with van der Waals surface area (Å²) in [6.45, 7) is 4.18. The molecule has 0 amide bonds. The lowest BCUT2D eigenvalue weighted by molar-refractivity contribution is -0.161. The number of aliphatic hydroxyl groups is 1. The Morgan fingerprint density at radius 2 is 0.620 bits per heavy atom. The van der Waals surface area contributed by atoms with Crippen LogP contribution in [0.2, 0.25) is 0 Å². The number of aliphatic hydroxyl groups excluding tert-OH is 1. The van der Waals surface area contributed by atoms with Gasteiger partial charge in [-0.3, -0.25) is 9.59 Å². The number of unbranched alkanes of at least 4 members (excludes halogenated alkanes) is 34. The Kier molecular flexibility index (Phi) is 41.4. The standard InChI is InChI=1S/C45H88O5/c1-3-5-7-9-11-13-15-17-19-21-23-25-27-29-31-33-35-37-39-44(47)49-42-43(41-46)50-45(48)40-38-36-34-32-30-28-26-24-22-20-18-16-14-12-10-8-6-4-2/h43,46H,3-42H2,1-2H3/t43-/m0/s1. The maximum absolute atomic E-state index is 12.2. The van der Waals surface area contributed by atoms with Crippen LogP contribution in [-0.4, -0.2) is 36.4 Å². The zero-order valence-electron chi connectivity index (χ0n) is 33.9. The smallest absolute Gasteiger partial charge is 0.306 e. The molecular weight excluding hydrogens is 620 g/mol. The second-order valence-corrected chi connectivity index (χ2v) is 15.5. The van der Waals surface area contributed by atoms with E-state index in [1.165, 1.54) is 199 Å². The molecule has 0 saturated heterocycles. The van der Waals surface area contributed by atoms with Gasteiger partial charge in [-0.15, -0.1) is 0 Å². The molecule has 50 heavy (non-hydrogen) atoms. The molecule has 0 heterocycles. The maximum atomic E-state index is 12.2. The summed E-state index contributed by atoms with van der Waals surface area (Å²) in [5.74, 6) is -0.570. The molecule has 0 aromatic carbocycles. The van der Waals surface area contributed by atoms with Gasteiger partial charge in [-0.2, -0.15) is 0 Å². The molecule has 5 heteroatoms. The highest BCUT2D eigenvalue weighted by molar-refractivity contribution is 5.70. The molecule has 1 N–H and O–H groups in total. The first-order valence-electron chi connectivity index (χ1n) is 22.6. The van der Waals surface area contributed by atoms with Crippen LogP contribution >= 0.6 is 0 Å². The molecule has 0 unspecified atom stereocenters. The number of rotatable bonds is 42. The first-order valence-corrected chi connectivity index (χ1v) is 22.6. The summed E-state index contributed by atoms with van der Waals surface area (Å²) in [5.41, 5.74) is 0. The van der Waals surface area contributed by atoms with Crippen LogP contribution in [0.15, 0.2) is 0 Å². The van der Waals surface area contributed by atoms with Crippen molar-refractivity contribution in [3.05, 3.63) is 0 Å². The maximum Gasteiger partial charge on any atom is 0.306 e. The highest BCUT2D eigenvalue weighted by atomic mass is 16.6. The van der Waals surface area contributed by atoms with Crippen LogP contribution in [0.25, 0.3) is 0 Å². The van der Waals surface area contributed by atoms with Gasteiger partial charge < -0.3 is 14.6 Å². The summed E-state index contributed by atoms with van der Waals surface area (Å²) < 4.78 is 10.7. The Balaban J connectivity index is 3.45. The number of carbonyl (C=O) groups is 2. The zero-order chi connectivity index (χ0) is 36.4. The van der Waals surface area contributed by atoms with Crippen LogP contribution in [0.4, 0.5) is 0 Å². The van der Waals surface area contributed by atoms with E-state index in [2.05, 4.69) is 13.8 Å². The van der Waals surface area contributed by atoms with Crippen LogP contribution in [0.5, 0.6) is 0 Å². The van der Waals surface area contributed by atoms with Crippen molar-refractivity contribution in [2.24, 2.45) is 0 Å². The summed E-state index contributed by atoms with van der Waals surface area (Å²) in [7, 11) is 0. The van der Waals surface area contributed by atoms with Crippen LogP contribution in [-0.2, 0) is 19.1 Å². The third-order valence-corrected chi connectivity index (χ3v) is 10.4. The molecule has 0 bridgehead atoms. The average molecular weight is 709 g/mol. The van der Waals surface area contributed by atoms with E-state index < -0.39 is 6.10 Å². The molecule has 0 aromatic rings. The molecule has 0 aliphatic rings. The van der Waals surface area contributed by atoms with Crippen molar-refractivity contribution < 1.29 is 24.2 Å². The first-order chi connectivity index (χ1) is 24.6. The molecule has 0 aliphatic carbocycles. The predicted molar refractivity (Wildman–Crippen MR) is 215 cm³/mol. The highest BCUT2D eigenvalue weighted by Gasteiger charge is 2.16. The quantitative estimate of drug-likeness (QED) is 0.0505. The number of hydrogen-bond donors (Lipinski definition) is 1. The van der Waals surface area contributed by atoms with E-state index >= 15 is 0 Å². The highest BCUT2D eigenvalue weighted by Crippen LogP contribution is 2.17. The fourth-order valence-corrected chi connectivity index (χ4v) is 6.97. The third-order valence-electron chi connectivity index (χ3n) is 10.4. The normalized spacial score (nSPS) is 12.0. The Bertz CT molecular complexity index is 680. The summed E-state index contributed by atoms with van der Waals surface area (Å²) in [5, 5.41) is 9.59. The third kappa shape index (κ3) is 39.7. The largest absolute Gasteiger partial charge is 0.462 e. The van der Waals surface area contributed by atoms with Crippen molar-refractivity contribution in [3.63, 3.8) is 0 Å². The molecule has 1 atom stereocenters. The molecule has 0 aromatic heterocycles. The summed E-state index contributed by atoms with van der Waals surface area (Å²) in [4.78, 5) is 24.3. The van der Waals surface area contributed by atoms with E-state index in [4.69, 9.17) is 9.47 Å². The van der Waals surface area contributed by atoms with Crippen molar-refractivity contribution in [1.29, 1.82) is 0 Å². The Hall–Kier alpha value is -1.10. The van der Waals surface area contributed by atoms with Gasteiger partial charge in [0, 0.05) is 12.8 Å². The Labute approximate surface area is 312 Å². The minimum absolute atomic E-state index is 0.0563. The lowest BCUT2D eigenvalue weighted by Crippen LogP contribution is -2.28.